The van der Waals surface area contributed by atoms with Gasteiger partial charge in [0, 0.05) is 18.2 Å². The molecule has 2 aliphatic rings. The second kappa shape index (κ2) is 7.36. The largest absolute Gasteiger partial charge is 0.481 e. The van der Waals surface area contributed by atoms with Crippen molar-refractivity contribution in [2.24, 2.45) is 0 Å². The molecule has 0 radical (unpaired) electrons. The molecule has 0 saturated carbocycles. The molecule has 1 aromatic heterocycles. The number of amides is 3. The second-order valence-electron chi connectivity index (χ2n) is 10.1. The Morgan fingerprint density at radius 1 is 1.03 bits per heavy atom. The number of nitrogens with one attached hydrogen (secondary N) is 2. The first kappa shape index (κ1) is 21.3. The molecule has 1 aromatic carbocycles. The summed E-state index contributed by atoms with van der Waals surface area (Å²) in [6, 6.07) is 5.62. The normalized spacial score (nSPS) is 21.3. The summed E-state index contributed by atoms with van der Waals surface area (Å²) in [5.74, 6) is 0.246. The molecule has 4 rings (SSSR count). The first-order valence-corrected chi connectivity index (χ1v) is 10.8. The van der Waals surface area contributed by atoms with Crippen LogP contribution in [-0.2, 0) is 22.0 Å². The summed E-state index contributed by atoms with van der Waals surface area (Å²) >= 11 is 0. The molecule has 0 bridgehead atoms. The third kappa shape index (κ3) is 3.80. The van der Waals surface area contributed by atoms with E-state index in [-0.39, 0.29) is 16.7 Å². The maximum atomic E-state index is 12.0. The van der Waals surface area contributed by atoms with E-state index in [4.69, 9.17) is 4.74 Å². The van der Waals surface area contributed by atoms with Crippen LogP contribution < -0.4 is 15.4 Å². The van der Waals surface area contributed by atoms with E-state index in [0.29, 0.717) is 12.3 Å². The minimum atomic E-state index is -0.583. The maximum absolute atomic E-state index is 12.0. The van der Waals surface area contributed by atoms with E-state index in [9.17, 15) is 9.59 Å². The molecule has 164 valence electrons. The van der Waals surface area contributed by atoms with Gasteiger partial charge in [-0.05, 0) is 70.5 Å². The van der Waals surface area contributed by atoms with E-state index in [1.54, 1.807) is 13.3 Å². The lowest BCUT2D eigenvalue weighted by Gasteiger charge is -2.42. The Hall–Kier alpha value is -2.89. The van der Waals surface area contributed by atoms with Crippen molar-refractivity contribution in [1.82, 2.24) is 15.6 Å². The number of rotatable bonds is 4. The molecule has 6 heteroatoms. The van der Waals surface area contributed by atoms with Crippen LogP contribution in [0.15, 0.2) is 24.4 Å². The van der Waals surface area contributed by atoms with Crippen LogP contribution in [-0.4, -0.2) is 30.1 Å². The Bertz CT molecular complexity index is 1070. The van der Waals surface area contributed by atoms with Crippen LogP contribution in [0, 0.1) is 6.92 Å². The van der Waals surface area contributed by atoms with E-state index in [1.165, 1.54) is 23.1 Å². The minimum absolute atomic E-state index is 0.0950. The number of carbonyl (C=O) groups excluding carboxylic acids is 2. The summed E-state index contributed by atoms with van der Waals surface area (Å²) in [5.41, 5.74) is 7.07. The number of benzene rings is 1. The van der Waals surface area contributed by atoms with Crippen LogP contribution in [0.3, 0.4) is 0 Å². The van der Waals surface area contributed by atoms with E-state index in [1.807, 2.05) is 6.07 Å². The Morgan fingerprint density at radius 2 is 1.68 bits per heavy atom. The lowest BCUT2D eigenvalue weighted by molar-refractivity contribution is -0.120. The highest BCUT2D eigenvalue weighted by atomic mass is 16.5. The van der Waals surface area contributed by atoms with Crippen molar-refractivity contribution in [2.45, 2.75) is 70.8 Å². The van der Waals surface area contributed by atoms with Gasteiger partial charge in [-0.1, -0.05) is 33.8 Å². The summed E-state index contributed by atoms with van der Waals surface area (Å²) in [6.07, 6.45) is 4.40. The fraction of sp³-hybridized carbons (Fsp3) is 0.480. The van der Waals surface area contributed by atoms with Gasteiger partial charge in [-0.25, -0.2) is 9.78 Å². The van der Waals surface area contributed by atoms with Crippen LogP contribution in [0.5, 0.6) is 5.88 Å². The predicted octanol–water partition coefficient (Wildman–Crippen LogP) is 4.17. The lowest BCUT2D eigenvalue weighted by atomic mass is 9.62. The zero-order valence-corrected chi connectivity index (χ0v) is 19.2. The molecule has 1 unspecified atom stereocenters. The number of fused-ring (bicyclic) bond motifs is 1. The molecule has 1 saturated heterocycles. The van der Waals surface area contributed by atoms with Crippen molar-refractivity contribution < 1.29 is 14.3 Å². The van der Waals surface area contributed by atoms with Gasteiger partial charge in [-0.3, -0.25) is 10.1 Å². The number of carbonyl (C=O) groups is 2. The highest BCUT2D eigenvalue weighted by molar-refractivity contribution is 6.04. The van der Waals surface area contributed by atoms with Gasteiger partial charge in [-0.2, -0.15) is 0 Å². The van der Waals surface area contributed by atoms with Gasteiger partial charge < -0.3 is 10.1 Å². The number of imide groups is 1. The molecule has 1 fully saturated rings. The van der Waals surface area contributed by atoms with Gasteiger partial charge in [-0.15, -0.1) is 0 Å². The first-order valence-electron chi connectivity index (χ1n) is 10.8. The van der Waals surface area contributed by atoms with Gasteiger partial charge in [0.15, 0.2) is 0 Å². The number of pyridine rings is 1. The predicted molar refractivity (Wildman–Crippen MR) is 120 cm³/mol. The number of urea groups is 1. The SMILES string of the molecule is COc1ncc(CC2NC(=O)NC2=O)cc1-c1cc2c(cc1C)C(C)(C)CCC2(C)C. The summed E-state index contributed by atoms with van der Waals surface area (Å²) in [5, 5.41) is 4.94. The van der Waals surface area contributed by atoms with E-state index in [2.05, 4.69) is 62.4 Å². The van der Waals surface area contributed by atoms with Crippen LogP contribution in [0.4, 0.5) is 4.79 Å². The highest BCUT2D eigenvalue weighted by Gasteiger charge is 2.37. The van der Waals surface area contributed by atoms with Crippen molar-refractivity contribution in [3.05, 3.63) is 46.6 Å². The lowest BCUT2D eigenvalue weighted by Crippen LogP contribution is -2.34. The van der Waals surface area contributed by atoms with Crippen molar-refractivity contribution in [3.8, 4) is 17.0 Å². The summed E-state index contributed by atoms with van der Waals surface area (Å²) < 4.78 is 5.59. The van der Waals surface area contributed by atoms with Crippen molar-refractivity contribution in [2.75, 3.05) is 7.11 Å². The Labute approximate surface area is 183 Å². The molecule has 2 aromatic rings. The molecule has 1 aliphatic carbocycles. The first-order chi connectivity index (χ1) is 14.5. The Kier molecular flexibility index (Phi) is 5.07. The van der Waals surface area contributed by atoms with E-state index in [0.717, 1.165) is 23.1 Å². The summed E-state index contributed by atoms with van der Waals surface area (Å²) in [7, 11) is 1.62. The molecule has 3 amide bonds. The average molecular weight is 422 g/mol. The number of aromatic nitrogens is 1. The molecule has 0 spiro atoms. The van der Waals surface area contributed by atoms with Crippen LogP contribution in [0.2, 0.25) is 0 Å². The molecule has 1 atom stereocenters. The third-order valence-electron chi connectivity index (χ3n) is 6.89. The number of hydrogen-bond acceptors (Lipinski definition) is 4. The topological polar surface area (TPSA) is 80.3 Å². The van der Waals surface area contributed by atoms with Crippen molar-refractivity contribution >= 4 is 11.9 Å². The molecular formula is C25H31N3O3. The highest BCUT2D eigenvalue weighted by Crippen LogP contribution is 2.48. The van der Waals surface area contributed by atoms with E-state index < -0.39 is 12.1 Å². The number of hydrogen-bond donors (Lipinski definition) is 2. The van der Waals surface area contributed by atoms with Crippen molar-refractivity contribution in [1.29, 1.82) is 0 Å². The quantitative estimate of drug-likeness (QED) is 0.727. The van der Waals surface area contributed by atoms with E-state index >= 15 is 0 Å². The fourth-order valence-electron chi connectivity index (χ4n) is 4.81. The van der Waals surface area contributed by atoms with Crippen LogP contribution in [0.25, 0.3) is 11.1 Å². The number of nitrogens with zero attached hydrogens (tertiary/aromatic N) is 1. The van der Waals surface area contributed by atoms with Crippen molar-refractivity contribution in [3.63, 3.8) is 0 Å². The Morgan fingerprint density at radius 3 is 2.26 bits per heavy atom. The molecule has 1 aliphatic heterocycles. The van der Waals surface area contributed by atoms with Gasteiger partial charge in [0.25, 0.3) is 5.91 Å². The summed E-state index contributed by atoms with van der Waals surface area (Å²) in [4.78, 5) is 27.9. The summed E-state index contributed by atoms with van der Waals surface area (Å²) in [6.45, 7) is 11.4. The van der Waals surface area contributed by atoms with Gasteiger partial charge >= 0.3 is 6.03 Å². The maximum Gasteiger partial charge on any atom is 0.322 e. The zero-order chi connectivity index (χ0) is 22.6. The molecule has 2 N–H and O–H groups in total. The second-order valence-corrected chi connectivity index (χ2v) is 10.1. The average Bonchev–Trinajstić information content (AvgIpc) is 3.02. The molecule has 6 nitrogen and oxygen atoms in total. The molecule has 31 heavy (non-hydrogen) atoms. The molecular weight excluding hydrogens is 390 g/mol. The smallest absolute Gasteiger partial charge is 0.322 e. The Balaban J connectivity index is 1.80. The van der Waals surface area contributed by atoms with Crippen LogP contribution >= 0.6 is 0 Å². The third-order valence-corrected chi connectivity index (χ3v) is 6.89. The standard InChI is InChI=1S/C25H31N3O3/c1-14-9-18-19(25(4,5)8-7-24(18,2)3)12-16(14)17-10-15(13-26-22(17)31-6)11-20-21(29)28-23(30)27-20/h9-10,12-13,20H,7-8,11H2,1-6H3,(H2,27,28,29,30). The number of aryl methyl sites for hydroxylation is 1. The number of ether oxygens (including phenoxy) is 1. The van der Waals surface area contributed by atoms with Crippen LogP contribution in [0.1, 0.15) is 62.8 Å². The zero-order valence-electron chi connectivity index (χ0n) is 19.2. The van der Waals surface area contributed by atoms with Gasteiger partial charge in [0.05, 0.1) is 7.11 Å². The monoisotopic (exact) mass is 421 g/mol. The number of methoxy groups -OCH3 is 1. The minimum Gasteiger partial charge on any atom is -0.481 e. The van der Waals surface area contributed by atoms with Gasteiger partial charge in [0.2, 0.25) is 5.88 Å². The fourth-order valence-corrected chi connectivity index (χ4v) is 4.81. The molecule has 2 heterocycles. The van der Waals surface area contributed by atoms with Gasteiger partial charge in [0.1, 0.15) is 6.04 Å².